The van der Waals surface area contributed by atoms with Crippen LogP contribution in [-0.2, 0) is 9.53 Å². The van der Waals surface area contributed by atoms with E-state index in [-0.39, 0.29) is 33.8 Å². The number of carbonyl (C=O) groups excluding carboxylic acids is 3. The second-order valence-corrected chi connectivity index (χ2v) is 9.16. The van der Waals surface area contributed by atoms with E-state index in [0.29, 0.717) is 0 Å². The topological polar surface area (TPSA) is 118 Å². The number of anilines is 2. The lowest BCUT2D eigenvalue weighted by Gasteiger charge is -2.21. The van der Waals surface area contributed by atoms with Crippen molar-refractivity contribution in [1.29, 1.82) is 5.26 Å². The van der Waals surface area contributed by atoms with Gasteiger partial charge in [-0.15, -0.1) is 0 Å². The van der Waals surface area contributed by atoms with Crippen molar-refractivity contribution in [3.63, 3.8) is 0 Å². The molecule has 0 aliphatic heterocycles. The Morgan fingerprint density at radius 2 is 1.61 bits per heavy atom. The Balaban J connectivity index is 1.98. The first-order chi connectivity index (χ1) is 17.9. The minimum atomic E-state index is -0.875. The van der Waals surface area contributed by atoms with Gasteiger partial charge in [0.25, 0.3) is 0 Å². The van der Waals surface area contributed by atoms with Crippen LogP contribution in [-0.4, -0.2) is 30.5 Å². The van der Waals surface area contributed by atoms with Gasteiger partial charge in [0, 0.05) is 17.2 Å². The van der Waals surface area contributed by atoms with E-state index >= 15 is 0 Å². The summed E-state index contributed by atoms with van der Waals surface area (Å²) in [7, 11) is 1.36. The highest BCUT2D eigenvalue weighted by Crippen LogP contribution is 2.39. The summed E-state index contributed by atoms with van der Waals surface area (Å²) in [5.41, 5.74) is -0.686. The molecule has 10 heteroatoms. The molecule has 0 heterocycles. The van der Waals surface area contributed by atoms with E-state index in [9.17, 15) is 23.2 Å². The summed E-state index contributed by atoms with van der Waals surface area (Å²) in [6.45, 7) is 5.01. The number of nitrogens with one attached hydrogen (secondary N) is 2. The molecule has 2 N–H and O–H groups in total. The predicted octanol–water partition coefficient (Wildman–Crippen LogP) is 6.07. The second kappa shape index (κ2) is 11.5. The molecular weight excluding hydrogens is 496 g/mol. The van der Waals surface area contributed by atoms with E-state index in [4.69, 9.17) is 14.7 Å². The Labute approximate surface area is 218 Å². The van der Waals surface area contributed by atoms with E-state index in [1.54, 1.807) is 26.8 Å². The first kappa shape index (κ1) is 27.8. The molecule has 0 aliphatic rings. The molecule has 0 radical (unpaired) electrons. The van der Waals surface area contributed by atoms with Gasteiger partial charge in [0.15, 0.2) is 5.78 Å². The molecule has 0 bridgehead atoms. The minimum absolute atomic E-state index is 0.0129. The zero-order valence-corrected chi connectivity index (χ0v) is 21.1. The standard InChI is InChI=1S/C28H25F2N3O5/c1-28(2,3)38-27(36)33-23-13-25(37-4)18(17-7-5-6-8-20(17)29)12-22(23)32-26(35)14-24(34)19-11-16(15-31)9-10-21(19)30/h5-13H,14H2,1-4H3,(H,32,35)(H,33,36). The third-order valence-electron chi connectivity index (χ3n) is 5.13. The van der Waals surface area contributed by atoms with Crippen LogP contribution in [0.2, 0.25) is 0 Å². The predicted molar refractivity (Wildman–Crippen MR) is 137 cm³/mol. The number of ketones is 1. The van der Waals surface area contributed by atoms with Gasteiger partial charge in [0.05, 0.1) is 42.1 Å². The molecule has 0 aromatic heterocycles. The molecular formula is C28H25F2N3O5. The Morgan fingerprint density at radius 1 is 0.921 bits per heavy atom. The average molecular weight is 522 g/mol. The minimum Gasteiger partial charge on any atom is -0.496 e. The number of amides is 2. The van der Waals surface area contributed by atoms with E-state index in [1.807, 2.05) is 6.07 Å². The molecule has 196 valence electrons. The number of benzene rings is 3. The lowest BCUT2D eigenvalue weighted by molar-refractivity contribution is -0.115. The monoisotopic (exact) mass is 521 g/mol. The van der Waals surface area contributed by atoms with Gasteiger partial charge in [-0.2, -0.15) is 5.26 Å². The third kappa shape index (κ3) is 6.91. The largest absolute Gasteiger partial charge is 0.496 e. The number of rotatable bonds is 7. The van der Waals surface area contributed by atoms with Crippen LogP contribution in [0.1, 0.15) is 43.1 Å². The lowest BCUT2D eigenvalue weighted by atomic mass is 10.0. The molecule has 0 aliphatic carbocycles. The molecule has 3 aromatic carbocycles. The van der Waals surface area contributed by atoms with E-state index in [1.165, 1.54) is 43.5 Å². The summed E-state index contributed by atoms with van der Waals surface area (Å²) in [6, 6.07) is 13.7. The molecule has 0 saturated heterocycles. The molecule has 0 atom stereocenters. The molecule has 38 heavy (non-hydrogen) atoms. The Hall–Kier alpha value is -4.78. The summed E-state index contributed by atoms with van der Waals surface area (Å²) in [6.07, 6.45) is -1.60. The van der Waals surface area contributed by atoms with Crippen molar-refractivity contribution in [3.8, 4) is 22.9 Å². The second-order valence-electron chi connectivity index (χ2n) is 9.16. The molecule has 8 nitrogen and oxygen atoms in total. The lowest BCUT2D eigenvalue weighted by Crippen LogP contribution is -2.27. The van der Waals surface area contributed by atoms with E-state index in [2.05, 4.69) is 10.6 Å². The average Bonchev–Trinajstić information content (AvgIpc) is 2.84. The number of halogens is 2. The number of methoxy groups -OCH3 is 1. The van der Waals surface area contributed by atoms with Crippen molar-refractivity contribution in [2.75, 3.05) is 17.7 Å². The van der Waals surface area contributed by atoms with Gasteiger partial charge in [0.1, 0.15) is 23.0 Å². The number of ether oxygens (including phenoxy) is 2. The smallest absolute Gasteiger partial charge is 0.412 e. The van der Waals surface area contributed by atoms with Gasteiger partial charge in [-0.05, 0) is 51.1 Å². The normalized spacial score (nSPS) is 10.8. The van der Waals surface area contributed by atoms with Crippen LogP contribution >= 0.6 is 0 Å². The maximum atomic E-state index is 14.6. The Morgan fingerprint density at radius 3 is 2.24 bits per heavy atom. The van der Waals surface area contributed by atoms with E-state index < -0.39 is 47.0 Å². The van der Waals surface area contributed by atoms with Crippen molar-refractivity contribution in [3.05, 3.63) is 77.4 Å². The van der Waals surface area contributed by atoms with Crippen LogP contribution < -0.4 is 15.4 Å². The number of nitriles is 1. The fourth-order valence-electron chi connectivity index (χ4n) is 3.50. The van der Waals surface area contributed by atoms with Crippen LogP contribution in [0.25, 0.3) is 11.1 Å². The molecule has 0 saturated carbocycles. The maximum Gasteiger partial charge on any atom is 0.412 e. The highest BCUT2D eigenvalue weighted by Gasteiger charge is 2.22. The third-order valence-corrected chi connectivity index (χ3v) is 5.13. The number of nitrogens with zero attached hydrogens (tertiary/aromatic N) is 1. The van der Waals surface area contributed by atoms with Gasteiger partial charge in [-0.1, -0.05) is 18.2 Å². The van der Waals surface area contributed by atoms with Crippen molar-refractivity contribution >= 4 is 29.2 Å². The number of carbonyl (C=O) groups is 3. The molecule has 3 aromatic rings. The highest BCUT2D eigenvalue weighted by molar-refractivity contribution is 6.12. The van der Waals surface area contributed by atoms with Crippen LogP contribution in [0.5, 0.6) is 5.75 Å². The van der Waals surface area contributed by atoms with Crippen molar-refractivity contribution in [1.82, 2.24) is 0 Å². The van der Waals surface area contributed by atoms with Crippen LogP contribution in [0.3, 0.4) is 0 Å². The summed E-state index contributed by atoms with van der Waals surface area (Å²) >= 11 is 0. The van der Waals surface area contributed by atoms with Crippen LogP contribution in [0.4, 0.5) is 25.0 Å². The summed E-state index contributed by atoms with van der Waals surface area (Å²) in [4.78, 5) is 37.9. The fraction of sp³-hybridized carbons (Fsp3) is 0.214. The SMILES string of the molecule is COc1cc(NC(=O)OC(C)(C)C)c(NC(=O)CC(=O)c2cc(C#N)ccc2F)cc1-c1ccccc1F. The van der Waals surface area contributed by atoms with E-state index in [0.717, 1.165) is 12.1 Å². The first-order valence-corrected chi connectivity index (χ1v) is 11.4. The summed E-state index contributed by atoms with van der Waals surface area (Å²) in [5.74, 6) is -2.94. The molecule has 0 unspecified atom stereocenters. The number of hydrogen-bond acceptors (Lipinski definition) is 6. The maximum absolute atomic E-state index is 14.6. The van der Waals surface area contributed by atoms with Crippen molar-refractivity contribution in [2.24, 2.45) is 0 Å². The van der Waals surface area contributed by atoms with Crippen molar-refractivity contribution < 1.29 is 32.6 Å². The van der Waals surface area contributed by atoms with Crippen LogP contribution in [0, 0.1) is 23.0 Å². The summed E-state index contributed by atoms with van der Waals surface area (Å²) in [5, 5.41) is 14.1. The zero-order valence-electron chi connectivity index (χ0n) is 21.1. The molecule has 2 amide bonds. The molecule has 0 fully saturated rings. The van der Waals surface area contributed by atoms with Crippen molar-refractivity contribution in [2.45, 2.75) is 32.8 Å². The molecule has 3 rings (SSSR count). The Kier molecular flexibility index (Phi) is 8.43. The molecule has 0 spiro atoms. The van der Waals surface area contributed by atoms with Gasteiger partial charge < -0.3 is 14.8 Å². The van der Waals surface area contributed by atoms with Gasteiger partial charge in [0.2, 0.25) is 5.91 Å². The highest BCUT2D eigenvalue weighted by atomic mass is 19.1. The summed E-state index contributed by atoms with van der Waals surface area (Å²) < 4.78 is 39.5. The van der Waals surface area contributed by atoms with Crippen LogP contribution in [0.15, 0.2) is 54.6 Å². The van der Waals surface area contributed by atoms with Gasteiger partial charge in [-0.3, -0.25) is 14.9 Å². The number of hydrogen-bond donors (Lipinski definition) is 2. The van der Waals surface area contributed by atoms with Gasteiger partial charge in [-0.25, -0.2) is 13.6 Å². The number of Topliss-reactive ketones (excluding diaryl/α,β-unsaturated/α-hetero) is 1. The van der Waals surface area contributed by atoms with Gasteiger partial charge >= 0.3 is 6.09 Å². The zero-order chi connectivity index (χ0) is 28.0. The Bertz CT molecular complexity index is 1440. The fourth-order valence-corrected chi connectivity index (χ4v) is 3.50. The first-order valence-electron chi connectivity index (χ1n) is 11.4. The quantitative estimate of drug-likeness (QED) is 0.288.